The van der Waals surface area contributed by atoms with E-state index in [1.807, 2.05) is 38.1 Å². The highest BCUT2D eigenvalue weighted by Crippen LogP contribution is 2.38. The van der Waals surface area contributed by atoms with E-state index in [0.29, 0.717) is 16.5 Å². The molecular weight excluding hydrogens is 434 g/mol. The molecule has 0 aliphatic rings. The molecule has 0 bridgehead atoms. The van der Waals surface area contributed by atoms with Gasteiger partial charge in [0.1, 0.15) is 22.5 Å². The van der Waals surface area contributed by atoms with Crippen LogP contribution < -0.4 is 10.1 Å². The maximum absolute atomic E-state index is 12.5. The van der Waals surface area contributed by atoms with E-state index in [1.54, 1.807) is 45.0 Å². The molecule has 0 spiro atoms. The van der Waals surface area contributed by atoms with Gasteiger partial charge in [-0.25, -0.2) is 9.78 Å². The molecule has 0 aliphatic carbocycles. The highest BCUT2D eigenvalue weighted by Gasteiger charge is 2.39. The van der Waals surface area contributed by atoms with E-state index in [0.717, 1.165) is 17.5 Å². The Morgan fingerprint density at radius 1 is 1.29 bits per heavy atom. The van der Waals surface area contributed by atoms with E-state index >= 15 is 0 Å². The Balaban J connectivity index is 2.22. The van der Waals surface area contributed by atoms with Crippen LogP contribution >= 0.6 is 23.1 Å². The zero-order valence-corrected chi connectivity index (χ0v) is 20.4. The molecule has 0 aliphatic heterocycles. The fraction of sp³-hybridized carbons (Fsp3) is 0.500. The fourth-order valence-electron chi connectivity index (χ4n) is 2.79. The minimum Gasteiger partial charge on any atom is -0.497 e. The smallest absolute Gasteiger partial charge is 0.408 e. The van der Waals surface area contributed by atoms with Crippen LogP contribution in [0.3, 0.4) is 0 Å². The van der Waals surface area contributed by atoms with Crippen LogP contribution in [-0.4, -0.2) is 45.9 Å². The van der Waals surface area contributed by atoms with Gasteiger partial charge in [-0.05, 0) is 52.3 Å². The van der Waals surface area contributed by atoms with Gasteiger partial charge in [0.2, 0.25) is 0 Å². The van der Waals surface area contributed by atoms with Gasteiger partial charge in [-0.1, -0.05) is 12.1 Å². The molecule has 2 aromatic rings. The zero-order valence-electron chi connectivity index (χ0n) is 18.8. The molecule has 1 unspecified atom stereocenters. The number of thiazole rings is 1. The molecule has 0 saturated heterocycles. The lowest BCUT2D eigenvalue weighted by Gasteiger charge is -2.37. The topological polar surface area (TPSA) is 105 Å². The summed E-state index contributed by atoms with van der Waals surface area (Å²) in [5.41, 5.74) is 0.914. The van der Waals surface area contributed by atoms with Gasteiger partial charge in [0.25, 0.3) is 0 Å². The number of benzene rings is 1. The third-order valence-corrected chi connectivity index (χ3v) is 6.86. The number of amides is 1. The first-order valence-corrected chi connectivity index (χ1v) is 11.7. The molecule has 0 saturated carbocycles. The van der Waals surface area contributed by atoms with Gasteiger partial charge in [0.05, 0.1) is 18.8 Å². The number of thioether (sulfide) groups is 1. The van der Waals surface area contributed by atoms with Crippen LogP contribution in [0.25, 0.3) is 0 Å². The first-order chi connectivity index (χ1) is 14.4. The number of aliphatic hydroxyl groups is 1. The van der Waals surface area contributed by atoms with Crippen LogP contribution in [0.1, 0.15) is 57.0 Å². The molecule has 7 nitrogen and oxygen atoms in total. The highest BCUT2D eigenvalue weighted by molar-refractivity contribution is 7.99. The van der Waals surface area contributed by atoms with Gasteiger partial charge in [0.15, 0.2) is 0 Å². The number of aromatic nitrogens is 1. The van der Waals surface area contributed by atoms with E-state index in [1.165, 1.54) is 11.3 Å². The number of hydrogen-bond acceptors (Lipinski definition) is 8. The minimum atomic E-state index is -1.05. The van der Waals surface area contributed by atoms with Crippen LogP contribution in [-0.2, 0) is 10.5 Å². The third-order valence-electron chi connectivity index (χ3n) is 4.45. The predicted molar refractivity (Wildman–Crippen MR) is 126 cm³/mol. The summed E-state index contributed by atoms with van der Waals surface area (Å²) in [6.45, 7) is 9.31. The number of ether oxygens (including phenoxy) is 2. The first kappa shape index (κ1) is 25.2. The molecule has 2 atom stereocenters. The van der Waals surface area contributed by atoms with E-state index in [9.17, 15) is 9.90 Å². The molecule has 0 radical (unpaired) electrons. The van der Waals surface area contributed by atoms with Crippen LogP contribution in [0.2, 0.25) is 0 Å². The molecule has 1 heterocycles. The van der Waals surface area contributed by atoms with Crippen molar-refractivity contribution in [3.63, 3.8) is 0 Å². The van der Waals surface area contributed by atoms with Crippen LogP contribution in [0, 0.1) is 5.41 Å². The lowest BCUT2D eigenvalue weighted by molar-refractivity contribution is 0.0392. The van der Waals surface area contributed by atoms with Crippen molar-refractivity contribution in [2.24, 2.45) is 0 Å². The summed E-state index contributed by atoms with van der Waals surface area (Å²) in [6.07, 6.45) is -0.518. The average molecular weight is 466 g/mol. The summed E-state index contributed by atoms with van der Waals surface area (Å²) >= 11 is 2.87. The van der Waals surface area contributed by atoms with Gasteiger partial charge in [-0.3, -0.25) is 0 Å². The van der Waals surface area contributed by atoms with Crippen molar-refractivity contribution < 1.29 is 19.4 Å². The Hall–Kier alpha value is -2.10. The lowest BCUT2D eigenvalue weighted by atomic mass is 9.97. The molecule has 1 aromatic carbocycles. The Morgan fingerprint density at radius 2 is 1.94 bits per heavy atom. The van der Waals surface area contributed by atoms with Crippen molar-refractivity contribution >= 4 is 35.4 Å². The zero-order chi connectivity index (χ0) is 23.2. The van der Waals surface area contributed by atoms with Crippen LogP contribution in [0.5, 0.6) is 5.75 Å². The molecule has 9 heteroatoms. The number of carbonyl (C=O) groups is 1. The maximum atomic E-state index is 12.5. The number of rotatable bonds is 9. The second-order valence-corrected chi connectivity index (χ2v) is 11.1. The predicted octanol–water partition coefficient (Wildman–Crippen LogP) is 4.79. The van der Waals surface area contributed by atoms with Gasteiger partial charge in [-0.2, -0.15) is 0 Å². The maximum Gasteiger partial charge on any atom is 0.408 e. The Bertz CT molecular complexity index is 876. The second kappa shape index (κ2) is 10.5. The summed E-state index contributed by atoms with van der Waals surface area (Å²) in [5.74, 6) is 1.47. The number of aliphatic hydroxyl groups excluding tert-OH is 1. The van der Waals surface area contributed by atoms with Crippen molar-refractivity contribution in [3.8, 4) is 5.75 Å². The minimum absolute atomic E-state index is 0.442. The number of carbonyl (C=O) groups excluding carboxylic acids is 1. The molecular formula is C22H31N3O4S2. The molecule has 1 aromatic heterocycles. The van der Waals surface area contributed by atoms with E-state index in [-0.39, 0.29) is 0 Å². The average Bonchev–Trinajstić information content (AvgIpc) is 3.18. The normalized spacial score (nSPS) is 13.9. The molecule has 0 fully saturated rings. The summed E-state index contributed by atoms with van der Waals surface area (Å²) in [5, 5.41) is 23.5. The SMILES string of the molecule is COc1ccc(CSC(C)(C)[C@H](NC(=O)OC(C)(C)C)C(O)c2nc(C=N)cs2)cc1. The van der Waals surface area contributed by atoms with Crippen LogP contribution in [0.4, 0.5) is 4.79 Å². The highest BCUT2D eigenvalue weighted by atomic mass is 32.2. The van der Waals surface area contributed by atoms with Gasteiger partial charge in [-0.15, -0.1) is 23.1 Å². The summed E-state index contributed by atoms with van der Waals surface area (Å²) in [4.78, 5) is 16.8. The van der Waals surface area contributed by atoms with Crippen LogP contribution in [0.15, 0.2) is 29.6 Å². The van der Waals surface area contributed by atoms with Gasteiger partial charge < -0.3 is 25.3 Å². The van der Waals surface area contributed by atoms with Crippen molar-refractivity contribution in [2.75, 3.05) is 7.11 Å². The number of hydrogen-bond donors (Lipinski definition) is 3. The van der Waals surface area contributed by atoms with Crippen molar-refractivity contribution in [1.82, 2.24) is 10.3 Å². The molecule has 170 valence electrons. The summed E-state index contributed by atoms with van der Waals surface area (Å²) in [6, 6.07) is 7.12. The van der Waals surface area contributed by atoms with Gasteiger partial charge >= 0.3 is 6.09 Å². The Kier molecular flexibility index (Phi) is 8.50. The van der Waals surface area contributed by atoms with E-state index in [4.69, 9.17) is 14.9 Å². The largest absolute Gasteiger partial charge is 0.497 e. The molecule has 1 amide bonds. The lowest BCUT2D eigenvalue weighted by Crippen LogP contribution is -2.52. The molecule has 3 N–H and O–H groups in total. The summed E-state index contributed by atoms with van der Waals surface area (Å²) < 4.78 is 10.1. The molecule has 31 heavy (non-hydrogen) atoms. The van der Waals surface area contributed by atoms with Gasteiger partial charge in [0, 0.05) is 22.1 Å². The first-order valence-electron chi connectivity index (χ1n) is 9.85. The second-order valence-electron chi connectivity index (χ2n) is 8.56. The van der Waals surface area contributed by atoms with Crippen molar-refractivity contribution in [1.29, 1.82) is 5.41 Å². The standard InChI is InChI=1S/C22H31N3O4S2/c1-21(2,3)29-20(27)25-18(17(26)19-24-15(11-23)13-30-19)22(4,5)31-12-14-7-9-16(28-6)10-8-14/h7-11,13,17-18,23,26H,12H2,1-6H3,(H,25,27)/t17?,18-/m1/s1. The molecule has 2 rings (SSSR count). The van der Waals surface area contributed by atoms with E-state index in [2.05, 4.69) is 10.3 Å². The Labute approximate surface area is 192 Å². The van der Waals surface area contributed by atoms with Crippen molar-refractivity contribution in [2.45, 2.75) is 62.9 Å². The monoisotopic (exact) mass is 465 g/mol. The number of alkyl carbamates (subject to hydrolysis) is 1. The quantitative estimate of drug-likeness (QED) is 0.460. The van der Waals surface area contributed by atoms with E-state index < -0.39 is 28.6 Å². The third kappa shape index (κ3) is 7.52. The number of nitrogens with zero attached hydrogens (tertiary/aromatic N) is 1. The summed E-state index contributed by atoms with van der Waals surface area (Å²) in [7, 11) is 1.63. The van der Waals surface area contributed by atoms with Crippen molar-refractivity contribution in [3.05, 3.63) is 45.9 Å². The fourth-order valence-corrected chi connectivity index (χ4v) is 4.69. The number of methoxy groups -OCH3 is 1. The number of nitrogens with one attached hydrogen (secondary N) is 2. The Morgan fingerprint density at radius 3 is 2.45 bits per heavy atom.